The smallest absolute Gasteiger partial charge is 0.315 e. The summed E-state index contributed by atoms with van der Waals surface area (Å²) in [4.78, 5) is 65.0. The molecule has 5 rings (SSSR count). The average Bonchev–Trinajstić information content (AvgIpc) is 3.57. The average molecular weight is 547 g/mol. The van der Waals surface area contributed by atoms with E-state index in [9.17, 15) is 19.2 Å². The number of carbonyl (C=O) groups is 4. The van der Waals surface area contributed by atoms with Crippen LogP contribution in [0.3, 0.4) is 0 Å². The van der Waals surface area contributed by atoms with E-state index < -0.39 is 35.8 Å². The quantitative estimate of drug-likeness (QED) is 0.285. The van der Waals surface area contributed by atoms with Gasteiger partial charge in [0, 0.05) is 48.5 Å². The minimum Gasteiger partial charge on any atom is -0.368 e. The molecule has 5 amide bonds. The van der Waals surface area contributed by atoms with Crippen molar-refractivity contribution in [3.05, 3.63) is 60.3 Å². The van der Waals surface area contributed by atoms with Gasteiger partial charge >= 0.3 is 6.03 Å². The second-order valence-corrected chi connectivity index (χ2v) is 10.4. The first kappa shape index (κ1) is 27.1. The Bertz CT molecular complexity index is 1370. The first-order valence-electron chi connectivity index (χ1n) is 13.7. The van der Waals surface area contributed by atoms with E-state index in [1.807, 2.05) is 24.3 Å². The molecule has 2 aromatic heterocycles. The maximum absolute atomic E-state index is 13.8. The number of hydrogen-bond donors (Lipinski definition) is 5. The van der Waals surface area contributed by atoms with Crippen LogP contribution >= 0.6 is 0 Å². The van der Waals surface area contributed by atoms with Gasteiger partial charge in [-0.25, -0.2) is 9.78 Å². The van der Waals surface area contributed by atoms with Crippen molar-refractivity contribution in [2.75, 3.05) is 6.54 Å². The van der Waals surface area contributed by atoms with Crippen LogP contribution in [0.4, 0.5) is 4.79 Å². The molecule has 6 N–H and O–H groups in total. The van der Waals surface area contributed by atoms with Crippen LogP contribution in [0.25, 0.3) is 10.9 Å². The van der Waals surface area contributed by atoms with Gasteiger partial charge in [-0.3, -0.25) is 19.4 Å². The standard InChI is InChI=1S/C28H34N8O4/c29-25(37)22(14-17-15-32-20-9-5-4-8-19(17)20)34-26(38)24-21(35-28(40)33-18-6-2-1-3-7-18)10-13-36(24)27(39)23-16-30-11-12-31-23/h4-5,8-9,11-12,15-16,18,21-22,24,32H,1-3,6-7,10,13-14H2,(H2,29,37)(H,34,38)(H2,33,35,40). The molecule has 3 atom stereocenters. The summed E-state index contributed by atoms with van der Waals surface area (Å²) in [5.41, 5.74) is 7.51. The van der Waals surface area contributed by atoms with E-state index in [-0.39, 0.29) is 30.7 Å². The molecule has 3 heterocycles. The van der Waals surface area contributed by atoms with Crippen molar-refractivity contribution in [1.29, 1.82) is 0 Å². The number of nitrogens with one attached hydrogen (secondary N) is 4. The molecule has 210 valence electrons. The van der Waals surface area contributed by atoms with E-state index in [1.165, 1.54) is 23.5 Å². The van der Waals surface area contributed by atoms with Crippen molar-refractivity contribution < 1.29 is 19.2 Å². The van der Waals surface area contributed by atoms with Crippen molar-refractivity contribution >= 4 is 34.7 Å². The van der Waals surface area contributed by atoms with Gasteiger partial charge < -0.3 is 31.6 Å². The van der Waals surface area contributed by atoms with Crippen molar-refractivity contribution in [3.8, 4) is 0 Å². The number of primary amides is 1. The van der Waals surface area contributed by atoms with Gasteiger partial charge in [0.1, 0.15) is 17.8 Å². The number of urea groups is 1. The Morgan fingerprint density at radius 1 is 1.05 bits per heavy atom. The van der Waals surface area contributed by atoms with E-state index in [2.05, 4.69) is 30.9 Å². The van der Waals surface area contributed by atoms with Gasteiger partial charge in [0.15, 0.2) is 0 Å². The van der Waals surface area contributed by atoms with Crippen LogP contribution in [-0.2, 0) is 16.0 Å². The number of fused-ring (bicyclic) bond motifs is 1. The summed E-state index contributed by atoms with van der Waals surface area (Å²) in [6, 6.07) is 4.55. The Morgan fingerprint density at radius 3 is 2.60 bits per heavy atom. The number of nitrogens with two attached hydrogens (primary N) is 1. The molecule has 12 nitrogen and oxygen atoms in total. The van der Waals surface area contributed by atoms with Gasteiger partial charge in [-0.05, 0) is 30.9 Å². The Balaban J connectivity index is 1.34. The van der Waals surface area contributed by atoms with Crippen molar-refractivity contribution in [2.45, 2.75) is 69.1 Å². The summed E-state index contributed by atoms with van der Waals surface area (Å²) in [5, 5.41) is 9.58. The zero-order valence-electron chi connectivity index (χ0n) is 22.1. The molecule has 0 spiro atoms. The van der Waals surface area contributed by atoms with Crippen molar-refractivity contribution in [2.24, 2.45) is 5.73 Å². The summed E-state index contributed by atoms with van der Waals surface area (Å²) in [7, 11) is 0. The maximum Gasteiger partial charge on any atom is 0.315 e. The molecule has 12 heteroatoms. The molecule has 1 aliphatic carbocycles. The fraction of sp³-hybridized carbons (Fsp3) is 0.429. The lowest BCUT2D eigenvalue weighted by molar-refractivity contribution is -0.130. The van der Waals surface area contributed by atoms with Crippen LogP contribution in [0, 0.1) is 0 Å². The van der Waals surface area contributed by atoms with Gasteiger partial charge in [0.05, 0.1) is 12.2 Å². The van der Waals surface area contributed by atoms with Gasteiger partial charge in [-0.2, -0.15) is 0 Å². The molecule has 0 bridgehead atoms. The second-order valence-electron chi connectivity index (χ2n) is 10.4. The molecule has 40 heavy (non-hydrogen) atoms. The topological polar surface area (TPSA) is 175 Å². The molecule has 2 aliphatic rings. The molecular formula is C28H34N8O4. The Labute approximate surface area is 231 Å². The van der Waals surface area contributed by atoms with Gasteiger partial charge in [-0.1, -0.05) is 37.5 Å². The van der Waals surface area contributed by atoms with Crippen molar-refractivity contribution in [1.82, 2.24) is 35.8 Å². The predicted molar refractivity (Wildman–Crippen MR) is 147 cm³/mol. The van der Waals surface area contributed by atoms with E-state index in [0.29, 0.717) is 6.42 Å². The summed E-state index contributed by atoms with van der Waals surface area (Å²) < 4.78 is 0. The lowest BCUT2D eigenvalue weighted by atomic mass is 9.96. The Kier molecular flexibility index (Phi) is 8.23. The van der Waals surface area contributed by atoms with Crippen LogP contribution in [-0.4, -0.2) is 74.3 Å². The number of amides is 5. The first-order valence-corrected chi connectivity index (χ1v) is 13.7. The highest BCUT2D eigenvalue weighted by atomic mass is 16.2. The molecule has 1 saturated carbocycles. The lowest BCUT2D eigenvalue weighted by Crippen LogP contribution is -2.59. The maximum atomic E-state index is 13.8. The SMILES string of the molecule is NC(=O)C(Cc1c[nH]c2ccccc12)NC(=O)C1C(NC(=O)NC2CCCCC2)CCN1C(=O)c1cnccn1. The van der Waals surface area contributed by atoms with Crippen LogP contribution in [0.1, 0.15) is 54.6 Å². The monoisotopic (exact) mass is 546 g/mol. The number of nitrogens with zero attached hydrogens (tertiary/aromatic N) is 3. The highest BCUT2D eigenvalue weighted by molar-refractivity contribution is 5.98. The fourth-order valence-electron chi connectivity index (χ4n) is 5.69. The largest absolute Gasteiger partial charge is 0.368 e. The molecule has 1 saturated heterocycles. The lowest BCUT2D eigenvalue weighted by Gasteiger charge is -2.30. The minimum absolute atomic E-state index is 0.0789. The second kappa shape index (κ2) is 12.1. The third kappa shape index (κ3) is 6.05. The number of rotatable bonds is 8. The zero-order valence-corrected chi connectivity index (χ0v) is 22.1. The highest BCUT2D eigenvalue weighted by Gasteiger charge is 2.44. The third-order valence-corrected chi connectivity index (χ3v) is 7.73. The number of aromatic nitrogens is 3. The number of H-pyrrole nitrogens is 1. The van der Waals surface area contributed by atoms with E-state index in [0.717, 1.165) is 48.6 Å². The number of carbonyl (C=O) groups excluding carboxylic acids is 4. The van der Waals surface area contributed by atoms with E-state index in [4.69, 9.17) is 5.73 Å². The number of para-hydroxylation sites is 1. The number of benzene rings is 1. The molecule has 1 aromatic carbocycles. The van der Waals surface area contributed by atoms with Crippen molar-refractivity contribution in [3.63, 3.8) is 0 Å². The minimum atomic E-state index is -1.07. The Hall–Kier alpha value is -4.48. The highest BCUT2D eigenvalue weighted by Crippen LogP contribution is 2.23. The van der Waals surface area contributed by atoms with E-state index >= 15 is 0 Å². The van der Waals surface area contributed by atoms with Gasteiger partial charge in [0.25, 0.3) is 5.91 Å². The van der Waals surface area contributed by atoms with Gasteiger partial charge in [-0.15, -0.1) is 0 Å². The van der Waals surface area contributed by atoms with Crippen LogP contribution < -0.4 is 21.7 Å². The molecule has 0 radical (unpaired) electrons. The van der Waals surface area contributed by atoms with Gasteiger partial charge in [0.2, 0.25) is 11.8 Å². The normalized spacial score (nSPS) is 20.1. The molecule has 1 aliphatic heterocycles. The molecule has 3 aromatic rings. The molecule has 2 fully saturated rings. The number of hydrogen-bond acceptors (Lipinski definition) is 6. The first-order chi connectivity index (χ1) is 19.4. The summed E-state index contributed by atoms with van der Waals surface area (Å²) in [6.45, 7) is 0.214. The Morgan fingerprint density at radius 2 is 1.85 bits per heavy atom. The molecule has 3 unspecified atom stereocenters. The fourth-order valence-corrected chi connectivity index (χ4v) is 5.69. The summed E-state index contributed by atoms with van der Waals surface area (Å²) in [5.74, 6) is -1.78. The predicted octanol–water partition coefficient (Wildman–Crippen LogP) is 1.39. The number of likely N-dealkylation sites (tertiary alicyclic amines) is 1. The summed E-state index contributed by atoms with van der Waals surface area (Å²) in [6.07, 6.45) is 11.6. The van der Waals surface area contributed by atoms with E-state index in [1.54, 1.807) is 6.20 Å². The zero-order chi connectivity index (χ0) is 28.1. The number of aromatic amines is 1. The van der Waals surface area contributed by atoms with Crippen LogP contribution in [0.5, 0.6) is 0 Å². The summed E-state index contributed by atoms with van der Waals surface area (Å²) >= 11 is 0. The van der Waals surface area contributed by atoms with Crippen LogP contribution in [0.15, 0.2) is 49.1 Å². The van der Waals surface area contributed by atoms with Crippen LogP contribution in [0.2, 0.25) is 0 Å². The molecular weight excluding hydrogens is 512 g/mol. The third-order valence-electron chi connectivity index (χ3n) is 7.73.